The molecule has 0 aromatic heterocycles. The number of rotatable bonds is 0. The largest absolute Gasteiger partial charge is 0.379 e. The summed E-state index contributed by atoms with van der Waals surface area (Å²) in [5.74, 6) is 0. The molecule has 3 nitrogen and oxygen atoms in total. The van der Waals surface area contributed by atoms with Gasteiger partial charge in [-0.1, -0.05) is 32.1 Å². The van der Waals surface area contributed by atoms with Gasteiger partial charge < -0.3 is 14.2 Å². The molecule has 1 heterocycles. The summed E-state index contributed by atoms with van der Waals surface area (Å²) in [5.41, 5.74) is 0. The molecule has 0 amide bonds. The molecule has 1 aliphatic rings. The molecule has 0 atom stereocenters. The van der Waals surface area contributed by atoms with Gasteiger partial charge in [-0.15, -0.1) is 0 Å². The van der Waals surface area contributed by atoms with Crippen LogP contribution in [0.15, 0.2) is 0 Å². The van der Waals surface area contributed by atoms with Crippen molar-refractivity contribution in [1.29, 1.82) is 0 Å². The maximum atomic E-state index is 5.43. The molecule has 1 aliphatic heterocycles. The molecule has 0 spiro atoms. The molecular weight excluding hydrogens is 192 g/mol. The predicted molar refractivity (Wildman–Crippen MR) is 59.9 cm³/mol. The van der Waals surface area contributed by atoms with E-state index in [0.29, 0.717) is 20.0 Å². The van der Waals surface area contributed by atoms with Crippen molar-refractivity contribution in [3.8, 4) is 0 Å². The fourth-order valence-electron chi connectivity index (χ4n) is 1.69. The summed E-state index contributed by atoms with van der Waals surface area (Å²) in [4.78, 5) is 0. The van der Waals surface area contributed by atoms with E-state index in [0.717, 1.165) is 13.2 Å². The van der Waals surface area contributed by atoms with E-state index in [1.54, 1.807) is 0 Å². The fraction of sp³-hybridized carbons (Fsp3) is 1.00. The molecule has 0 aliphatic carbocycles. The van der Waals surface area contributed by atoms with Gasteiger partial charge in [-0.3, -0.25) is 0 Å². The Labute approximate surface area is 93.1 Å². The zero-order valence-corrected chi connectivity index (χ0v) is 9.71. The van der Waals surface area contributed by atoms with E-state index in [-0.39, 0.29) is 0 Å². The average molecular weight is 216 g/mol. The van der Waals surface area contributed by atoms with Crippen molar-refractivity contribution in [2.24, 2.45) is 0 Å². The van der Waals surface area contributed by atoms with E-state index in [1.165, 1.54) is 44.9 Å². The van der Waals surface area contributed by atoms with Gasteiger partial charge in [-0.05, 0) is 12.8 Å². The monoisotopic (exact) mass is 216 g/mol. The first-order chi connectivity index (χ1) is 7.50. The Morgan fingerprint density at radius 1 is 0.400 bits per heavy atom. The molecule has 90 valence electrons. The Morgan fingerprint density at radius 3 is 1.60 bits per heavy atom. The van der Waals surface area contributed by atoms with Crippen LogP contribution in [0, 0.1) is 0 Å². The second-order valence-corrected chi connectivity index (χ2v) is 4.02. The highest BCUT2D eigenvalue weighted by Gasteiger charge is 1.95. The molecule has 3 heteroatoms. The molecular formula is C12H24O3. The first-order valence-electron chi connectivity index (χ1n) is 6.23. The highest BCUT2D eigenvalue weighted by Crippen LogP contribution is 2.07. The van der Waals surface area contributed by atoms with Gasteiger partial charge in [-0.25, -0.2) is 0 Å². The first-order valence-corrected chi connectivity index (χ1v) is 6.23. The smallest absolute Gasteiger partial charge is 0.146 e. The van der Waals surface area contributed by atoms with Crippen molar-refractivity contribution in [3.05, 3.63) is 0 Å². The quantitative estimate of drug-likeness (QED) is 0.623. The SMILES string of the molecule is C1CCCCOCCOCOCCCC1. The van der Waals surface area contributed by atoms with Crippen LogP contribution in [0.5, 0.6) is 0 Å². The Hall–Kier alpha value is -0.120. The van der Waals surface area contributed by atoms with Crippen LogP contribution in [0.4, 0.5) is 0 Å². The molecule has 0 N–H and O–H groups in total. The number of hydrogen-bond acceptors (Lipinski definition) is 3. The van der Waals surface area contributed by atoms with E-state index in [4.69, 9.17) is 14.2 Å². The second kappa shape index (κ2) is 10.4. The third-order valence-electron chi connectivity index (χ3n) is 2.62. The summed E-state index contributed by atoms with van der Waals surface area (Å²) in [6.07, 6.45) is 8.99. The van der Waals surface area contributed by atoms with Gasteiger partial charge in [0.15, 0.2) is 0 Å². The van der Waals surface area contributed by atoms with Crippen LogP contribution in [0.1, 0.15) is 44.9 Å². The van der Waals surface area contributed by atoms with Crippen molar-refractivity contribution in [2.45, 2.75) is 44.9 Å². The maximum Gasteiger partial charge on any atom is 0.146 e. The molecule has 0 saturated carbocycles. The van der Waals surface area contributed by atoms with Crippen LogP contribution in [-0.2, 0) is 14.2 Å². The Kier molecular flexibility index (Phi) is 8.98. The van der Waals surface area contributed by atoms with Gasteiger partial charge in [0.2, 0.25) is 0 Å². The molecule has 0 radical (unpaired) electrons. The van der Waals surface area contributed by atoms with Gasteiger partial charge in [-0.2, -0.15) is 0 Å². The second-order valence-electron chi connectivity index (χ2n) is 4.02. The summed E-state index contributed by atoms with van der Waals surface area (Å²) in [6, 6.07) is 0. The van der Waals surface area contributed by atoms with Gasteiger partial charge in [0.1, 0.15) is 6.79 Å². The Bertz CT molecular complexity index is 69.4. The van der Waals surface area contributed by atoms with Crippen molar-refractivity contribution in [2.75, 3.05) is 33.2 Å². The molecule has 0 bridgehead atoms. The summed E-state index contributed by atoms with van der Waals surface area (Å²) < 4.78 is 16.0. The Morgan fingerprint density at radius 2 is 0.867 bits per heavy atom. The average Bonchev–Trinajstić information content (AvgIpc) is 2.27. The third-order valence-corrected chi connectivity index (χ3v) is 2.62. The lowest BCUT2D eigenvalue weighted by Gasteiger charge is -2.05. The van der Waals surface area contributed by atoms with Gasteiger partial charge in [0, 0.05) is 13.2 Å². The van der Waals surface area contributed by atoms with E-state index < -0.39 is 0 Å². The van der Waals surface area contributed by atoms with Crippen LogP contribution in [0.2, 0.25) is 0 Å². The predicted octanol–water partition coefficient (Wildman–Crippen LogP) is 2.74. The minimum Gasteiger partial charge on any atom is -0.379 e. The molecule has 1 saturated heterocycles. The lowest BCUT2D eigenvalue weighted by atomic mass is 10.1. The van der Waals surface area contributed by atoms with Crippen LogP contribution in [-0.4, -0.2) is 33.2 Å². The van der Waals surface area contributed by atoms with Gasteiger partial charge >= 0.3 is 0 Å². The Balaban J connectivity index is 2.01. The van der Waals surface area contributed by atoms with Gasteiger partial charge in [0.05, 0.1) is 13.2 Å². The lowest BCUT2D eigenvalue weighted by Crippen LogP contribution is -2.08. The van der Waals surface area contributed by atoms with Crippen LogP contribution in [0.25, 0.3) is 0 Å². The van der Waals surface area contributed by atoms with Crippen LogP contribution >= 0.6 is 0 Å². The minimum absolute atomic E-state index is 0.420. The van der Waals surface area contributed by atoms with E-state index >= 15 is 0 Å². The van der Waals surface area contributed by atoms with E-state index in [9.17, 15) is 0 Å². The van der Waals surface area contributed by atoms with Gasteiger partial charge in [0.25, 0.3) is 0 Å². The van der Waals surface area contributed by atoms with Crippen molar-refractivity contribution in [3.63, 3.8) is 0 Å². The third kappa shape index (κ3) is 8.85. The van der Waals surface area contributed by atoms with Crippen LogP contribution < -0.4 is 0 Å². The van der Waals surface area contributed by atoms with E-state index in [1.807, 2.05) is 0 Å². The van der Waals surface area contributed by atoms with Crippen molar-refractivity contribution in [1.82, 2.24) is 0 Å². The summed E-state index contributed by atoms with van der Waals surface area (Å²) in [7, 11) is 0. The summed E-state index contributed by atoms with van der Waals surface area (Å²) >= 11 is 0. The normalized spacial score (nSPS) is 24.0. The molecule has 0 unspecified atom stereocenters. The molecule has 0 aromatic rings. The van der Waals surface area contributed by atoms with Crippen LogP contribution in [0.3, 0.4) is 0 Å². The fourth-order valence-corrected chi connectivity index (χ4v) is 1.69. The maximum absolute atomic E-state index is 5.43. The van der Waals surface area contributed by atoms with E-state index in [2.05, 4.69) is 0 Å². The lowest BCUT2D eigenvalue weighted by molar-refractivity contribution is -0.0699. The molecule has 1 fully saturated rings. The zero-order chi connectivity index (χ0) is 10.6. The number of ether oxygens (including phenoxy) is 3. The molecule has 1 rings (SSSR count). The zero-order valence-electron chi connectivity index (χ0n) is 9.71. The highest BCUT2D eigenvalue weighted by atomic mass is 16.7. The summed E-state index contributed by atoms with van der Waals surface area (Å²) in [5, 5.41) is 0. The minimum atomic E-state index is 0.420. The number of hydrogen-bond donors (Lipinski definition) is 0. The van der Waals surface area contributed by atoms with Crippen molar-refractivity contribution >= 4 is 0 Å². The molecule has 15 heavy (non-hydrogen) atoms. The topological polar surface area (TPSA) is 27.7 Å². The standard InChI is InChI=1S/C12H24O3/c1-2-4-6-8-13-10-11-15-12-14-9-7-5-3-1/h1-12H2. The highest BCUT2D eigenvalue weighted by molar-refractivity contribution is 4.46. The first kappa shape index (κ1) is 12.9. The van der Waals surface area contributed by atoms with Crippen molar-refractivity contribution < 1.29 is 14.2 Å². The summed E-state index contributed by atoms with van der Waals surface area (Å²) in [6.45, 7) is 3.48. The molecule has 0 aromatic carbocycles.